The summed E-state index contributed by atoms with van der Waals surface area (Å²) in [4.78, 5) is 45.1. The van der Waals surface area contributed by atoms with Gasteiger partial charge < -0.3 is 10.4 Å². The molecule has 0 saturated heterocycles. The average molecular weight is 715 g/mol. The SMILES string of the molecule is Cc1cccc2c1-c1ccnc(c1)[C@@H](n1cnc(-c3cc(Cl)ccc3-n3cc(Cl)nn3)cc1=O)CCC[C@@H](C)C(=O)N2.O=C(O)C(F)(F)F. The highest BCUT2D eigenvalue weighted by Gasteiger charge is 2.38. The Kier molecular flexibility index (Phi) is 10.5. The number of pyridine rings is 1. The first-order chi connectivity index (χ1) is 23.2. The summed E-state index contributed by atoms with van der Waals surface area (Å²) in [5.41, 5.74) is 5.82. The van der Waals surface area contributed by atoms with Crippen molar-refractivity contribution in [3.63, 3.8) is 0 Å². The fourth-order valence-electron chi connectivity index (χ4n) is 5.44. The molecule has 11 nitrogen and oxygen atoms in total. The summed E-state index contributed by atoms with van der Waals surface area (Å²) >= 11 is 12.3. The largest absolute Gasteiger partial charge is 0.490 e. The molecule has 2 aromatic carbocycles. The molecule has 6 rings (SSSR count). The molecule has 2 bridgehead atoms. The number of amides is 1. The van der Waals surface area contributed by atoms with Crippen molar-refractivity contribution >= 4 is 40.8 Å². The van der Waals surface area contributed by atoms with Crippen LogP contribution in [0, 0.1) is 12.8 Å². The lowest BCUT2D eigenvalue weighted by Crippen LogP contribution is -2.27. The summed E-state index contributed by atoms with van der Waals surface area (Å²) in [5.74, 6) is -2.98. The molecule has 3 aromatic heterocycles. The minimum absolute atomic E-state index is 0.0255. The van der Waals surface area contributed by atoms with E-state index in [1.165, 1.54) is 10.7 Å². The number of carbonyl (C=O) groups excluding carboxylic acids is 1. The number of nitrogens with one attached hydrogen (secondary N) is 1. The molecule has 4 heterocycles. The number of hydrogen-bond donors (Lipinski definition) is 2. The maximum atomic E-state index is 13.7. The zero-order valence-corrected chi connectivity index (χ0v) is 27.5. The number of rotatable bonds is 3. The van der Waals surface area contributed by atoms with E-state index in [1.54, 1.807) is 41.5 Å². The van der Waals surface area contributed by atoms with E-state index in [2.05, 4.69) is 20.6 Å². The number of carboxylic acid groups (broad SMARTS) is 1. The number of aliphatic carboxylic acids is 1. The van der Waals surface area contributed by atoms with Gasteiger partial charge >= 0.3 is 12.1 Å². The Labute approximate surface area is 287 Å². The molecule has 0 unspecified atom stereocenters. The van der Waals surface area contributed by atoms with Gasteiger partial charge in [0.05, 0.1) is 35.6 Å². The zero-order chi connectivity index (χ0) is 35.5. The molecule has 1 amide bonds. The number of benzene rings is 2. The van der Waals surface area contributed by atoms with Crippen molar-refractivity contribution in [2.24, 2.45) is 5.92 Å². The number of halogens is 5. The number of anilines is 1. The highest BCUT2D eigenvalue weighted by molar-refractivity contribution is 6.31. The van der Waals surface area contributed by atoms with Crippen molar-refractivity contribution in [2.75, 3.05) is 5.32 Å². The van der Waals surface area contributed by atoms with E-state index in [0.717, 1.165) is 28.1 Å². The highest BCUT2D eigenvalue weighted by atomic mass is 35.5. The Hall–Kier alpha value is -5.08. The smallest absolute Gasteiger partial charge is 0.475 e. The molecular weight excluding hydrogens is 686 g/mol. The number of nitrogens with zero attached hydrogens (tertiary/aromatic N) is 6. The molecular formula is C33H28Cl2F3N7O4. The number of hydrogen-bond acceptors (Lipinski definition) is 7. The Morgan fingerprint density at radius 2 is 1.80 bits per heavy atom. The van der Waals surface area contributed by atoms with Gasteiger partial charge in [-0.15, -0.1) is 5.10 Å². The predicted molar refractivity (Wildman–Crippen MR) is 177 cm³/mol. The van der Waals surface area contributed by atoms with Gasteiger partial charge in [0.25, 0.3) is 5.56 Å². The molecule has 49 heavy (non-hydrogen) atoms. The molecule has 1 aliphatic rings. The van der Waals surface area contributed by atoms with Gasteiger partial charge in [0.1, 0.15) is 0 Å². The van der Waals surface area contributed by atoms with Crippen molar-refractivity contribution in [3.05, 3.63) is 105 Å². The molecule has 0 fully saturated rings. The Balaban J connectivity index is 0.000000606. The highest BCUT2D eigenvalue weighted by Crippen LogP contribution is 2.35. The summed E-state index contributed by atoms with van der Waals surface area (Å²) in [7, 11) is 0. The van der Waals surface area contributed by atoms with Gasteiger partial charge in [0.2, 0.25) is 5.91 Å². The van der Waals surface area contributed by atoms with Crippen molar-refractivity contribution in [3.8, 4) is 28.1 Å². The van der Waals surface area contributed by atoms with E-state index in [4.69, 9.17) is 38.1 Å². The molecule has 1 aliphatic heterocycles. The molecule has 0 radical (unpaired) electrons. The van der Waals surface area contributed by atoms with E-state index in [1.807, 2.05) is 44.2 Å². The normalized spacial score (nSPS) is 16.3. The van der Waals surface area contributed by atoms with Gasteiger partial charge in [-0.3, -0.25) is 19.1 Å². The van der Waals surface area contributed by atoms with Gasteiger partial charge in [-0.25, -0.2) is 14.5 Å². The standard InChI is InChI=1S/C31H27Cl2N7O2.C2HF3O2/c1-18-5-3-7-23-30(18)20-11-12-34-25(13-20)27(8-4-6-19(2)31(42)36-23)39-17-35-24(15-29(39)41)22-14-21(32)9-10-26(22)40-16-28(33)37-38-40;3-2(4,5)1(6)7/h3,5,7,9-17,19,27H,4,6,8H2,1-2H3,(H,36,42);(H,6,7)/t19-,27+;/m1./s1. The van der Waals surface area contributed by atoms with Crippen molar-refractivity contribution < 1.29 is 27.9 Å². The van der Waals surface area contributed by atoms with Crippen LogP contribution in [0.25, 0.3) is 28.1 Å². The van der Waals surface area contributed by atoms with Crippen LogP contribution in [-0.2, 0) is 9.59 Å². The summed E-state index contributed by atoms with van der Waals surface area (Å²) in [5, 5.41) is 18.9. The van der Waals surface area contributed by atoms with E-state index < -0.39 is 12.1 Å². The first kappa shape index (κ1) is 35.2. The van der Waals surface area contributed by atoms with E-state index in [-0.39, 0.29) is 28.6 Å². The summed E-state index contributed by atoms with van der Waals surface area (Å²) in [6.45, 7) is 3.94. The quantitative estimate of drug-likeness (QED) is 0.201. The van der Waals surface area contributed by atoms with Crippen LogP contribution >= 0.6 is 23.2 Å². The Bertz CT molecular complexity index is 2080. The monoisotopic (exact) mass is 713 g/mol. The maximum Gasteiger partial charge on any atom is 0.490 e. The van der Waals surface area contributed by atoms with Crippen LogP contribution in [-0.4, -0.2) is 52.7 Å². The van der Waals surface area contributed by atoms with E-state index >= 15 is 0 Å². The van der Waals surface area contributed by atoms with E-state index in [0.29, 0.717) is 41.2 Å². The van der Waals surface area contributed by atoms with Crippen molar-refractivity contribution in [2.45, 2.75) is 45.3 Å². The molecule has 16 heteroatoms. The second kappa shape index (κ2) is 14.6. The number of carbonyl (C=O) groups is 2. The Morgan fingerprint density at radius 1 is 1.04 bits per heavy atom. The van der Waals surface area contributed by atoms with Crippen molar-refractivity contribution in [1.82, 2.24) is 29.5 Å². The molecule has 0 aliphatic carbocycles. The summed E-state index contributed by atoms with van der Waals surface area (Å²) < 4.78 is 34.9. The first-order valence-corrected chi connectivity index (χ1v) is 15.6. The van der Waals surface area contributed by atoms with Crippen LogP contribution < -0.4 is 10.9 Å². The number of alkyl halides is 3. The molecule has 254 valence electrons. The van der Waals surface area contributed by atoms with Gasteiger partial charge in [-0.1, -0.05) is 53.9 Å². The van der Waals surface area contributed by atoms with Gasteiger partial charge in [-0.2, -0.15) is 13.2 Å². The lowest BCUT2D eigenvalue weighted by atomic mass is 9.93. The third-order valence-electron chi connectivity index (χ3n) is 7.87. The van der Waals surface area contributed by atoms with Crippen LogP contribution in [0.3, 0.4) is 0 Å². The van der Waals surface area contributed by atoms with Crippen molar-refractivity contribution in [1.29, 1.82) is 0 Å². The number of carboxylic acids is 1. The molecule has 0 spiro atoms. The second-order valence-corrected chi connectivity index (χ2v) is 12.1. The predicted octanol–water partition coefficient (Wildman–Crippen LogP) is 7.15. The zero-order valence-electron chi connectivity index (χ0n) is 25.9. The lowest BCUT2D eigenvalue weighted by molar-refractivity contribution is -0.192. The molecule has 2 atom stereocenters. The lowest BCUT2D eigenvalue weighted by Gasteiger charge is -2.23. The van der Waals surface area contributed by atoms with Crippen LogP contribution in [0.15, 0.2) is 78.1 Å². The van der Waals surface area contributed by atoms with Crippen LogP contribution in [0.4, 0.5) is 18.9 Å². The molecule has 2 N–H and O–H groups in total. The second-order valence-electron chi connectivity index (χ2n) is 11.3. The maximum absolute atomic E-state index is 13.7. The fraction of sp³-hybridized carbons (Fsp3) is 0.242. The average Bonchev–Trinajstić information content (AvgIpc) is 3.48. The number of aromatic nitrogens is 6. The topological polar surface area (TPSA) is 145 Å². The van der Waals surface area contributed by atoms with Crippen LogP contribution in [0.5, 0.6) is 0 Å². The first-order valence-electron chi connectivity index (χ1n) is 14.9. The summed E-state index contributed by atoms with van der Waals surface area (Å²) in [6, 6.07) is 16.1. The number of fused-ring (bicyclic) bond motifs is 4. The minimum Gasteiger partial charge on any atom is -0.475 e. The third-order valence-corrected chi connectivity index (χ3v) is 8.27. The Morgan fingerprint density at radius 3 is 2.47 bits per heavy atom. The van der Waals surface area contributed by atoms with Gasteiger partial charge in [-0.05, 0) is 67.3 Å². The molecule has 5 aromatic rings. The molecule has 0 saturated carbocycles. The third kappa shape index (κ3) is 8.15. The van der Waals surface area contributed by atoms with E-state index in [9.17, 15) is 22.8 Å². The minimum atomic E-state index is -5.08. The number of aryl methyl sites for hydroxylation is 1. The van der Waals surface area contributed by atoms with Gasteiger partial charge in [0, 0.05) is 40.0 Å². The fourth-order valence-corrected chi connectivity index (χ4v) is 5.74. The van der Waals surface area contributed by atoms with Gasteiger partial charge in [0.15, 0.2) is 5.15 Å². The van der Waals surface area contributed by atoms with Crippen LogP contribution in [0.2, 0.25) is 10.2 Å². The van der Waals surface area contributed by atoms with Crippen LogP contribution in [0.1, 0.15) is 43.5 Å². The summed E-state index contributed by atoms with van der Waals surface area (Å²) in [6.07, 6.45) is 1.77.